The average Bonchev–Trinajstić information content (AvgIpc) is 1.60. The second kappa shape index (κ2) is 57.2. The summed E-state index contributed by atoms with van der Waals surface area (Å²) >= 11 is 37.7. The molecule has 0 saturated carbocycles. The van der Waals surface area contributed by atoms with Crippen LogP contribution in [0.4, 0.5) is 41.0 Å². The van der Waals surface area contributed by atoms with Gasteiger partial charge in [-0.25, -0.2) is 47.5 Å². The van der Waals surface area contributed by atoms with Gasteiger partial charge in [-0.15, -0.1) is 0 Å². The highest BCUT2D eigenvalue weighted by Gasteiger charge is 2.32. The Balaban J connectivity index is 0.000000228. The molecule has 716 valence electrons. The van der Waals surface area contributed by atoms with Crippen LogP contribution in [0.15, 0.2) is 48.5 Å². The number of nitrogens with two attached hydrogens (primary N) is 3. The highest BCUT2D eigenvalue weighted by atomic mass is 79.9. The third-order valence-electron chi connectivity index (χ3n) is 22.0. The number of piperazine rings is 5. The molecule has 6 fully saturated rings. The topological polar surface area (TPSA) is 523 Å². The molecule has 2 aromatic carbocycles. The van der Waals surface area contributed by atoms with Crippen LogP contribution < -0.4 is 44.4 Å². The molecule has 56 heteroatoms. The second-order valence-electron chi connectivity index (χ2n) is 30.4. The number of rotatable bonds is 30. The van der Waals surface area contributed by atoms with Crippen LogP contribution in [0.1, 0.15) is 51.5 Å². The summed E-state index contributed by atoms with van der Waals surface area (Å²) in [5.41, 5.74) is 8.23. The van der Waals surface area contributed by atoms with Gasteiger partial charge in [-0.2, -0.15) is 19.9 Å². The van der Waals surface area contributed by atoms with E-state index in [9.17, 15) is 47.5 Å². The molecule has 0 aliphatic carbocycles. The molecule has 12 heterocycles. The van der Waals surface area contributed by atoms with Gasteiger partial charge in [0.25, 0.3) is 12.9 Å². The molecule has 0 radical (unpaired) electrons. The zero-order valence-corrected chi connectivity index (χ0v) is 80.1. The number of hydrogen-bond donors (Lipinski definition) is 15. The summed E-state index contributed by atoms with van der Waals surface area (Å²) in [5.74, 6) is 8.92. The summed E-state index contributed by atoms with van der Waals surface area (Å²) in [7, 11) is -1.89. The average molecular weight is 2020 g/mol. The van der Waals surface area contributed by atoms with Gasteiger partial charge >= 0.3 is 35.3 Å². The number of anilines is 4. The van der Waals surface area contributed by atoms with Crippen LogP contribution in [0.3, 0.4) is 0 Å². The number of nitrogens with one attached hydrogen (secondary N) is 6. The number of alkyl halides is 5. The van der Waals surface area contributed by atoms with E-state index in [1.54, 1.807) is 69.0 Å². The van der Waals surface area contributed by atoms with E-state index in [1.807, 2.05) is 33.0 Å². The number of morpholine rings is 1. The molecule has 6 aliphatic rings. The predicted octanol–water partition coefficient (Wildman–Crippen LogP) is 5.20. The van der Waals surface area contributed by atoms with E-state index in [4.69, 9.17) is 106 Å². The van der Waals surface area contributed by atoms with Crippen molar-refractivity contribution in [2.45, 2.75) is 47.0 Å². The predicted molar refractivity (Wildman–Crippen MR) is 520 cm³/mol. The number of carbonyl (C=O) groups excluding carboxylic acids is 1. The molecule has 40 nitrogen and oxygen atoms in total. The normalized spacial score (nSPS) is 16.4. The van der Waals surface area contributed by atoms with E-state index in [0.717, 1.165) is 188 Å². The Bertz CT molecular complexity index is 4770. The highest BCUT2D eigenvalue weighted by Crippen LogP contribution is 2.34. The van der Waals surface area contributed by atoms with Gasteiger partial charge in [0.15, 0.2) is 29.6 Å². The number of aromatic nitrogens is 12. The first-order chi connectivity index (χ1) is 62.5. The number of fused-ring (bicyclic) bond motifs is 2. The van der Waals surface area contributed by atoms with E-state index in [2.05, 4.69) is 118 Å². The number of halogens is 11. The highest BCUT2D eigenvalue weighted by molar-refractivity contribution is 9.09. The fourth-order valence-corrected chi connectivity index (χ4v) is 16.6. The number of ether oxygens (including phenoxy) is 1. The van der Waals surface area contributed by atoms with Crippen molar-refractivity contribution < 1.29 is 52.2 Å². The largest absolute Gasteiger partial charge is 0.437 e. The maximum atomic E-state index is 14.2. The number of carbonyl (C=O) groups is 1. The molecular formula is C75H117B5BrCl6F4N33O7. The number of benzene rings is 2. The van der Waals surface area contributed by atoms with Crippen molar-refractivity contribution in [3.05, 3.63) is 114 Å². The number of hydrogen-bond acceptors (Lipinski definition) is 38. The van der Waals surface area contributed by atoms with E-state index >= 15 is 0 Å². The molecule has 6 aromatic heterocycles. The Morgan fingerprint density at radius 2 is 0.740 bits per heavy atom. The van der Waals surface area contributed by atoms with Crippen molar-refractivity contribution in [1.29, 1.82) is 16.2 Å². The smallest absolute Gasteiger partial charge is 0.376 e. The summed E-state index contributed by atoms with van der Waals surface area (Å²) in [6, 6.07) is 13.7. The van der Waals surface area contributed by atoms with E-state index in [0.29, 0.717) is 115 Å². The van der Waals surface area contributed by atoms with Crippen molar-refractivity contribution in [3.63, 3.8) is 0 Å². The first kappa shape index (κ1) is 111. The number of hydrazine groups is 1. The third-order valence-corrected chi connectivity index (χ3v) is 23.8. The fourth-order valence-electron chi connectivity index (χ4n) is 14.8. The minimum absolute atomic E-state index is 0. The molecule has 6 saturated heterocycles. The van der Waals surface area contributed by atoms with Crippen LogP contribution in [-0.4, -0.2) is 414 Å². The summed E-state index contributed by atoms with van der Waals surface area (Å²) in [5, 5.41) is 81.7. The molecule has 8 aromatic rings. The lowest BCUT2D eigenvalue weighted by atomic mass is 9.84. The van der Waals surface area contributed by atoms with Crippen molar-refractivity contribution in [3.8, 4) is 11.6 Å². The van der Waals surface area contributed by atoms with Crippen LogP contribution in [-0.2, 0) is 4.74 Å². The van der Waals surface area contributed by atoms with Crippen LogP contribution >= 0.6 is 85.5 Å². The van der Waals surface area contributed by atoms with E-state index < -0.39 is 38.6 Å². The molecule has 0 unspecified atom stereocenters. The quantitative estimate of drug-likeness (QED) is 0.00316. The zero-order chi connectivity index (χ0) is 94.7. The summed E-state index contributed by atoms with van der Waals surface area (Å²) in [6.07, 6.45) is -1.96. The first-order valence-electron chi connectivity index (χ1n) is 42.4. The van der Waals surface area contributed by atoms with Gasteiger partial charge < -0.3 is 108 Å². The van der Waals surface area contributed by atoms with Gasteiger partial charge in [0.1, 0.15) is 32.9 Å². The minimum Gasteiger partial charge on any atom is -0.437 e. The Labute approximate surface area is 800 Å². The van der Waals surface area contributed by atoms with Crippen molar-refractivity contribution >= 4 is 191 Å². The third kappa shape index (κ3) is 33.2. The monoisotopic (exact) mass is 2010 g/mol. The van der Waals surface area contributed by atoms with Crippen LogP contribution in [0.2, 0.25) is 65.4 Å². The minimum atomic E-state index is -2.85. The molecule has 131 heavy (non-hydrogen) atoms. The fraction of sp³-hybridized carbons (Fsp3) is 0.547. The lowest BCUT2D eigenvalue weighted by Gasteiger charge is -2.35. The summed E-state index contributed by atoms with van der Waals surface area (Å²) < 4.78 is 64.0. The van der Waals surface area contributed by atoms with Gasteiger partial charge in [0.2, 0.25) is 21.8 Å². The van der Waals surface area contributed by atoms with Crippen LogP contribution in [0, 0.1) is 16.2 Å². The Morgan fingerprint density at radius 3 is 1.07 bits per heavy atom. The maximum absolute atomic E-state index is 14.2. The molecular weight excluding hydrogens is 1900 g/mol. The van der Waals surface area contributed by atoms with E-state index in [-0.39, 0.29) is 81.4 Å². The Kier molecular flexibility index (Phi) is 48.5. The van der Waals surface area contributed by atoms with Crippen molar-refractivity contribution in [1.82, 2.24) is 114 Å². The zero-order valence-electron chi connectivity index (χ0n) is 73.9. The number of para-hydroxylation sites is 4. The van der Waals surface area contributed by atoms with Gasteiger partial charge in [0, 0.05) is 227 Å². The van der Waals surface area contributed by atoms with Gasteiger partial charge in [0.05, 0.1) is 57.5 Å². The van der Waals surface area contributed by atoms with E-state index in [1.165, 1.54) is 9.13 Å². The number of nitrogens with zero attached hydrogens (tertiary/aromatic N) is 23. The molecule has 0 atom stereocenters. The van der Waals surface area contributed by atoms with Gasteiger partial charge in [-0.3, -0.25) is 45.2 Å². The van der Waals surface area contributed by atoms with Gasteiger partial charge in [-0.1, -0.05) is 75.0 Å². The molecule has 20 N–H and O–H groups in total. The molecule has 14 rings (SSSR count). The number of imidazole rings is 2. The van der Waals surface area contributed by atoms with Crippen molar-refractivity contribution in [2.24, 2.45) is 17.4 Å². The number of aldehydes is 1. The van der Waals surface area contributed by atoms with Crippen LogP contribution in [0.5, 0.6) is 0 Å². The Hall–Kier alpha value is -6.96. The second-order valence-corrected chi connectivity index (χ2v) is 33.2. The lowest BCUT2D eigenvalue weighted by Crippen LogP contribution is -2.52. The summed E-state index contributed by atoms with van der Waals surface area (Å²) in [4.78, 5) is 75.0. The molecule has 6 aliphatic heterocycles. The molecule has 0 bridgehead atoms. The molecule has 0 spiro atoms. The van der Waals surface area contributed by atoms with Crippen LogP contribution in [0.25, 0.3) is 33.7 Å². The molecule has 0 amide bonds. The van der Waals surface area contributed by atoms with Crippen molar-refractivity contribution in [2.75, 3.05) is 242 Å². The first-order valence-corrected chi connectivity index (χ1v) is 45.8. The standard InChI is InChI=1S/C24H32BF2N9O2.C20H24BClF2N8O.C12H19BCl2N6O.C7H16BBrN2O.C7H18BN3O.C5HCl3N2O.H4N2.H3N/c1-25(37)35-10-8-33(9-11-35)7-6-29-21-17(16-28)22(32-24(31-21)34-12-14-38-15-13-34)36-19-5-3-2-4-18(19)30-23(36)20(26)27;1-21(33)31-10-8-30(9-11-31)7-6-26-17-13(12-25)18(29-20(22)28-17)32-15-5-3-2-4-14(15)27-19(32)16(23)24;1-13(22)21-6-4-20(5-7-21)3-2-17-11-9(8-16)10(14)18-12(15)19-11;2*1-8(12)11-6-4-10(3-2-9)5-7-11;6-3-2(1-11)4(7)10-5(8)9-3;1-2;/h2-5,16,20,28,37H,6-15H2,1H3,(H,29,31,32);2-5,12,16,25,33H,6-11H2,1H3,(H,26,28,29);8,16,22H,2-7H2,1H3,(H,17,18,19);12H,2-7H2,1H3;12H,2-7,9H2,1H3;1H;1-2H2;1H3. The Morgan fingerprint density at radius 1 is 0.435 bits per heavy atom. The lowest BCUT2D eigenvalue weighted by molar-refractivity contribution is 0.112. The summed E-state index contributed by atoms with van der Waals surface area (Å²) in [6.45, 7) is 36.0. The maximum Gasteiger partial charge on any atom is 0.376 e. The van der Waals surface area contributed by atoms with Gasteiger partial charge in [-0.05, 0) is 93.2 Å². The SMILES string of the molecule is CB(O)N1CCN(CCBr)CC1.CB(O)N1CCN(CCN)CC1.CB(O)N1CCN(CCNc2nc(Cl)nc(-n3c(C(F)F)nc4ccccc43)c2C=N)CC1.CB(O)N1CCN(CCNc2nc(Cl)nc(Cl)c2C=N)CC1.CB(O)N1CCN(CCNc2nc(N3CCOCC3)nc(-n3c(C(F)F)nc4ccccc43)c2C=N)CC1.N.NN.O=Cc1c(Cl)nc(Cl)nc1Cl.